The van der Waals surface area contributed by atoms with Gasteiger partial charge in [-0.2, -0.15) is 0 Å². The highest BCUT2D eigenvalue weighted by atomic mass is 16.1. The summed E-state index contributed by atoms with van der Waals surface area (Å²) >= 11 is 0. The van der Waals surface area contributed by atoms with E-state index in [1.807, 2.05) is 24.3 Å². The fourth-order valence-corrected chi connectivity index (χ4v) is 3.13. The minimum absolute atomic E-state index is 0.0557. The lowest BCUT2D eigenvalue weighted by Gasteiger charge is -2.34. The van der Waals surface area contributed by atoms with E-state index >= 15 is 0 Å². The average Bonchev–Trinajstić information content (AvgIpc) is 2.50. The van der Waals surface area contributed by atoms with Crippen LogP contribution in [0.1, 0.15) is 56.8 Å². The predicted molar refractivity (Wildman–Crippen MR) is 88.7 cm³/mol. The van der Waals surface area contributed by atoms with Crippen molar-refractivity contribution in [1.82, 2.24) is 5.32 Å². The Morgan fingerprint density at radius 3 is 2.76 bits per heavy atom. The number of amides is 1. The fraction of sp³-hybridized carbons (Fsp3) is 0.611. The van der Waals surface area contributed by atoms with Gasteiger partial charge in [-0.3, -0.25) is 4.79 Å². The van der Waals surface area contributed by atoms with Gasteiger partial charge in [0, 0.05) is 18.3 Å². The molecule has 0 aromatic heterocycles. The van der Waals surface area contributed by atoms with Gasteiger partial charge in [-0.05, 0) is 36.8 Å². The van der Waals surface area contributed by atoms with Gasteiger partial charge in [0.05, 0.1) is 5.56 Å². The minimum atomic E-state index is 0.0557. The summed E-state index contributed by atoms with van der Waals surface area (Å²) < 4.78 is 0. The zero-order valence-corrected chi connectivity index (χ0v) is 13.5. The molecule has 0 saturated heterocycles. The number of rotatable bonds is 5. The summed E-state index contributed by atoms with van der Waals surface area (Å²) in [5, 5.41) is 6.59. The zero-order chi connectivity index (χ0) is 15.2. The van der Waals surface area contributed by atoms with Crippen molar-refractivity contribution in [3.8, 4) is 0 Å². The van der Waals surface area contributed by atoms with Gasteiger partial charge in [0.15, 0.2) is 0 Å². The molecular formula is C18H28N2O. The highest BCUT2D eigenvalue weighted by molar-refractivity contribution is 5.99. The third kappa shape index (κ3) is 3.99. The first-order chi connectivity index (χ1) is 10.1. The SMILES string of the molecule is CCCNc1ccccc1C(=O)NC1CCCC(C)C1C. The van der Waals surface area contributed by atoms with E-state index in [1.165, 1.54) is 12.8 Å². The molecule has 1 aromatic rings. The lowest BCUT2D eigenvalue weighted by atomic mass is 9.78. The van der Waals surface area contributed by atoms with Gasteiger partial charge in [0.2, 0.25) is 0 Å². The Morgan fingerprint density at radius 2 is 2.00 bits per heavy atom. The number of para-hydroxylation sites is 1. The van der Waals surface area contributed by atoms with Crippen molar-refractivity contribution in [3.63, 3.8) is 0 Å². The van der Waals surface area contributed by atoms with E-state index in [0.717, 1.165) is 30.6 Å². The standard InChI is InChI=1S/C18H28N2O/c1-4-12-19-17-10-6-5-9-15(17)18(21)20-16-11-7-8-13(2)14(16)3/h5-6,9-10,13-14,16,19H,4,7-8,11-12H2,1-3H3,(H,20,21). The highest BCUT2D eigenvalue weighted by Crippen LogP contribution is 2.30. The Labute approximate surface area is 128 Å². The van der Waals surface area contributed by atoms with Crippen LogP contribution in [0.25, 0.3) is 0 Å². The first-order valence-corrected chi connectivity index (χ1v) is 8.27. The number of nitrogens with one attached hydrogen (secondary N) is 2. The van der Waals surface area contributed by atoms with Crippen LogP contribution in [-0.4, -0.2) is 18.5 Å². The van der Waals surface area contributed by atoms with Crippen LogP contribution in [-0.2, 0) is 0 Å². The summed E-state index contributed by atoms with van der Waals surface area (Å²) in [5.41, 5.74) is 1.70. The maximum Gasteiger partial charge on any atom is 0.253 e. The molecule has 2 rings (SSSR count). The molecule has 0 spiro atoms. The Hall–Kier alpha value is -1.51. The summed E-state index contributed by atoms with van der Waals surface area (Å²) in [6.45, 7) is 7.57. The van der Waals surface area contributed by atoms with Crippen molar-refractivity contribution < 1.29 is 4.79 Å². The normalized spacial score (nSPS) is 25.4. The number of hydrogen-bond donors (Lipinski definition) is 2. The molecule has 3 unspecified atom stereocenters. The van der Waals surface area contributed by atoms with Gasteiger partial charge in [0.25, 0.3) is 5.91 Å². The average molecular weight is 288 g/mol. The molecule has 1 aliphatic rings. The molecule has 116 valence electrons. The maximum absolute atomic E-state index is 12.6. The molecule has 1 saturated carbocycles. The third-order valence-electron chi connectivity index (χ3n) is 4.76. The van der Waals surface area contributed by atoms with E-state index in [-0.39, 0.29) is 5.91 Å². The van der Waals surface area contributed by atoms with E-state index in [4.69, 9.17) is 0 Å². The molecule has 1 aromatic carbocycles. The molecule has 1 fully saturated rings. The Morgan fingerprint density at radius 1 is 1.24 bits per heavy atom. The first-order valence-electron chi connectivity index (χ1n) is 8.27. The zero-order valence-electron chi connectivity index (χ0n) is 13.5. The van der Waals surface area contributed by atoms with Gasteiger partial charge in [-0.15, -0.1) is 0 Å². The molecule has 0 heterocycles. The second-order valence-corrected chi connectivity index (χ2v) is 6.32. The van der Waals surface area contributed by atoms with Crippen LogP contribution in [0.4, 0.5) is 5.69 Å². The van der Waals surface area contributed by atoms with Crippen molar-refractivity contribution >= 4 is 11.6 Å². The summed E-state index contributed by atoms with van der Waals surface area (Å²) in [6, 6.07) is 8.10. The largest absolute Gasteiger partial charge is 0.384 e. The van der Waals surface area contributed by atoms with Gasteiger partial charge in [-0.1, -0.05) is 45.7 Å². The predicted octanol–water partition coefficient (Wildman–Crippen LogP) is 4.06. The van der Waals surface area contributed by atoms with Gasteiger partial charge in [-0.25, -0.2) is 0 Å². The molecule has 1 aliphatic carbocycles. The molecule has 3 heteroatoms. The van der Waals surface area contributed by atoms with Crippen molar-refractivity contribution in [2.24, 2.45) is 11.8 Å². The summed E-state index contributed by atoms with van der Waals surface area (Å²) in [7, 11) is 0. The number of hydrogen-bond acceptors (Lipinski definition) is 2. The molecule has 2 N–H and O–H groups in total. The topological polar surface area (TPSA) is 41.1 Å². The van der Waals surface area contributed by atoms with E-state index < -0.39 is 0 Å². The second kappa shape index (κ2) is 7.48. The van der Waals surface area contributed by atoms with E-state index in [0.29, 0.717) is 17.9 Å². The Kier molecular flexibility index (Phi) is 5.66. The number of anilines is 1. The molecule has 1 amide bonds. The van der Waals surface area contributed by atoms with Crippen LogP contribution in [0.5, 0.6) is 0 Å². The van der Waals surface area contributed by atoms with E-state index in [2.05, 4.69) is 31.4 Å². The van der Waals surface area contributed by atoms with Crippen LogP contribution in [0, 0.1) is 11.8 Å². The van der Waals surface area contributed by atoms with E-state index in [1.54, 1.807) is 0 Å². The van der Waals surface area contributed by atoms with Crippen LogP contribution in [0.3, 0.4) is 0 Å². The van der Waals surface area contributed by atoms with Crippen molar-refractivity contribution in [2.45, 2.75) is 52.5 Å². The number of carbonyl (C=O) groups is 1. The molecule has 0 radical (unpaired) electrons. The first kappa shape index (κ1) is 15.9. The Bertz CT molecular complexity index is 472. The number of benzene rings is 1. The van der Waals surface area contributed by atoms with Crippen LogP contribution in [0.15, 0.2) is 24.3 Å². The fourth-order valence-electron chi connectivity index (χ4n) is 3.13. The van der Waals surface area contributed by atoms with Gasteiger partial charge < -0.3 is 10.6 Å². The highest BCUT2D eigenvalue weighted by Gasteiger charge is 2.28. The summed E-state index contributed by atoms with van der Waals surface area (Å²) in [6.07, 6.45) is 4.64. The molecule has 3 nitrogen and oxygen atoms in total. The molecular weight excluding hydrogens is 260 g/mol. The van der Waals surface area contributed by atoms with Crippen LogP contribution >= 0.6 is 0 Å². The van der Waals surface area contributed by atoms with Crippen molar-refractivity contribution in [1.29, 1.82) is 0 Å². The second-order valence-electron chi connectivity index (χ2n) is 6.32. The summed E-state index contributed by atoms with van der Waals surface area (Å²) in [4.78, 5) is 12.6. The quantitative estimate of drug-likeness (QED) is 0.857. The maximum atomic E-state index is 12.6. The van der Waals surface area contributed by atoms with Crippen LogP contribution in [0.2, 0.25) is 0 Å². The minimum Gasteiger partial charge on any atom is -0.384 e. The number of carbonyl (C=O) groups excluding carboxylic acids is 1. The third-order valence-corrected chi connectivity index (χ3v) is 4.76. The molecule has 21 heavy (non-hydrogen) atoms. The monoisotopic (exact) mass is 288 g/mol. The molecule has 0 bridgehead atoms. The lowest BCUT2D eigenvalue weighted by molar-refractivity contribution is 0.0892. The van der Waals surface area contributed by atoms with Crippen molar-refractivity contribution in [2.75, 3.05) is 11.9 Å². The van der Waals surface area contributed by atoms with Crippen LogP contribution < -0.4 is 10.6 Å². The summed E-state index contributed by atoms with van der Waals surface area (Å²) in [5.74, 6) is 1.30. The smallest absolute Gasteiger partial charge is 0.253 e. The van der Waals surface area contributed by atoms with E-state index in [9.17, 15) is 4.79 Å². The molecule has 3 atom stereocenters. The van der Waals surface area contributed by atoms with Gasteiger partial charge in [0.1, 0.15) is 0 Å². The lowest BCUT2D eigenvalue weighted by Crippen LogP contribution is -2.43. The Balaban J connectivity index is 2.06. The molecule has 0 aliphatic heterocycles. The van der Waals surface area contributed by atoms with Gasteiger partial charge >= 0.3 is 0 Å². The van der Waals surface area contributed by atoms with Crippen molar-refractivity contribution in [3.05, 3.63) is 29.8 Å².